The second-order valence-electron chi connectivity index (χ2n) is 6.11. The lowest BCUT2D eigenvalue weighted by Crippen LogP contribution is -2.45. The van der Waals surface area contributed by atoms with Crippen LogP contribution in [0.1, 0.15) is 24.4 Å². The van der Waals surface area contributed by atoms with Crippen molar-refractivity contribution in [2.45, 2.75) is 18.9 Å². The van der Waals surface area contributed by atoms with E-state index in [4.69, 9.17) is 9.84 Å². The Morgan fingerprint density at radius 1 is 1.09 bits per heavy atom. The minimum absolute atomic E-state index is 0.376. The molecule has 2 aliphatic heterocycles. The zero-order chi connectivity index (χ0) is 15.4. The van der Waals surface area contributed by atoms with Gasteiger partial charge in [-0.2, -0.15) is 0 Å². The number of amides is 1. The number of ether oxygens (including phenoxy) is 1. The lowest BCUT2D eigenvalue weighted by molar-refractivity contribution is -0.00688. The van der Waals surface area contributed by atoms with Crippen molar-refractivity contribution in [3.63, 3.8) is 0 Å². The van der Waals surface area contributed by atoms with Gasteiger partial charge in [0.15, 0.2) is 0 Å². The molecule has 2 saturated heterocycles. The molecule has 5 heteroatoms. The maximum atomic E-state index is 11.1. The fraction of sp³-hybridized carbons (Fsp3) is 0.588. The second-order valence-corrected chi connectivity index (χ2v) is 6.11. The van der Waals surface area contributed by atoms with Gasteiger partial charge in [-0.15, -0.1) is 0 Å². The zero-order valence-corrected chi connectivity index (χ0v) is 12.9. The minimum Gasteiger partial charge on any atom is -0.465 e. The number of carboxylic acid groups (broad SMARTS) is 1. The molecule has 1 aromatic carbocycles. The fourth-order valence-electron chi connectivity index (χ4n) is 3.69. The predicted molar refractivity (Wildman–Crippen MR) is 83.9 cm³/mol. The van der Waals surface area contributed by atoms with Gasteiger partial charge in [0.2, 0.25) is 0 Å². The quantitative estimate of drug-likeness (QED) is 0.932. The van der Waals surface area contributed by atoms with Crippen LogP contribution in [0.4, 0.5) is 4.79 Å². The van der Waals surface area contributed by atoms with Crippen LogP contribution in [0, 0.1) is 5.92 Å². The maximum absolute atomic E-state index is 11.1. The first kappa shape index (κ1) is 15.3. The molecule has 0 bridgehead atoms. The molecule has 3 rings (SSSR count). The van der Waals surface area contributed by atoms with E-state index in [0.29, 0.717) is 25.0 Å². The third-order valence-electron chi connectivity index (χ3n) is 4.84. The Morgan fingerprint density at radius 3 is 2.32 bits per heavy atom. The van der Waals surface area contributed by atoms with E-state index >= 15 is 0 Å². The molecule has 0 aromatic heterocycles. The number of benzene rings is 1. The van der Waals surface area contributed by atoms with E-state index in [9.17, 15) is 4.79 Å². The van der Waals surface area contributed by atoms with E-state index in [-0.39, 0.29) is 0 Å². The van der Waals surface area contributed by atoms with E-state index in [1.54, 1.807) is 0 Å². The number of rotatable bonds is 3. The van der Waals surface area contributed by atoms with Crippen LogP contribution in [0.5, 0.6) is 0 Å². The molecule has 0 saturated carbocycles. The lowest BCUT2D eigenvalue weighted by Gasteiger charge is -2.42. The Bertz CT molecular complexity index is 480. The number of nitrogens with zero attached hydrogens (tertiary/aromatic N) is 2. The van der Waals surface area contributed by atoms with Gasteiger partial charge in [-0.1, -0.05) is 30.3 Å². The van der Waals surface area contributed by atoms with Crippen molar-refractivity contribution in [3.8, 4) is 0 Å². The average Bonchev–Trinajstić information content (AvgIpc) is 2.57. The normalized spacial score (nSPS) is 22.5. The van der Waals surface area contributed by atoms with Crippen LogP contribution >= 0.6 is 0 Å². The molecule has 2 fully saturated rings. The average molecular weight is 304 g/mol. The first-order chi connectivity index (χ1) is 10.8. The summed E-state index contributed by atoms with van der Waals surface area (Å²) in [5.74, 6) is 0.510. The van der Waals surface area contributed by atoms with E-state index < -0.39 is 6.09 Å². The van der Waals surface area contributed by atoms with Gasteiger partial charge in [-0.3, -0.25) is 4.90 Å². The van der Waals surface area contributed by atoms with Crippen molar-refractivity contribution in [2.75, 3.05) is 39.4 Å². The summed E-state index contributed by atoms with van der Waals surface area (Å²) in [4.78, 5) is 15.2. The van der Waals surface area contributed by atoms with Crippen molar-refractivity contribution in [1.82, 2.24) is 9.80 Å². The molecule has 0 radical (unpaired) electrons. The number of likely N-dealkylation sites (tertiary alicyclic amines) is 1. The Kier molecular flexibility index (Phi) is 4.95. The molecule has 1 aromatic rings. The van der Waals surface area contributed by atoms with Gasteiger partial charge in [0.1, 0.15) is 0 Å². The van der Waals surface area contributed by atoms with E-state index in [1.165, 1.54) is 10.5 Å². The third kappa shape index (κ3) is 3.42. The number of carbonyl (C=O) groups is 1. The maximum Gasteiger partial charge on any atom is 0.407 e. The summed E-state index contributed by atoms with van der Waals surface area (Å²) >= 11 is 0. The van der Waals surface area contributed by atoms with Gasteiger partial charge in [0.05, 0.1) is 13.2 Å². The van der Waals surface area contributed by atoms with Crippen molar-refractivity contribution >= 4 is 6.09 Å². The van der Waals surface area contributed by atoms with Crippen molar-refractivity contribution in [2.24, 2.45) is 5.92 Å². The summed E-state index contributed by atoms with van der Waals surface area (Å²) in [5, 5.41) is 9.13. The van der Waals surface area contributed by atoms with Crippen LogP contribution < -0.4 is 0 Å². The van der Waals surface area contributed by atoms with Crippen LogP contribution in [-0.2, 0) is 4.74 Å². The van der Waals surface area contributed by atoms with Crippen molar-refractivity contribution in [3.05, 3.63) is 35.9 Å². The Labute approximate surface area is 131 Å². The molecular weight excluding hydrogens is 280 g/mol. The first-order valence-corrected chi connectivity index (χ1v) is 8.10. The van der Waals surface area contributed by atoms with Gasteiger partial charge in [-0.25, -0.2) is 4.79 Å². The van der Waals surface area contributed by atoms with Gasteiger partial charge >= 0.3 is 6.09 Å². The largest absolute Gasteiger partial charge is 0.465 e. The molecule has 22 heavy (non-hydrogen) atoms. The molecule has 5 nitrogen and oxygen atoms in total. The molecule has 1 N–H and O–H groups in total. The molecule has 1 amide bonds. The van der Waals surface area contributed by atoms with Crippen LogP contribution in [0.25, 0.3) is 0 Å². The standard InChI is InChI=1S/C17H24N2O3/c20-17(21)19-8-6-15(7-9-19)16(14-4-2-1-3-5-14)18-10-12-22-13-11-18/h1-5,15-16H,6-13H2,(H,20,21). The molecule has 0 aliphatic carbocycles. The molecular formula is C17H24N2O3. The first-order valence-electron chi connectivity index (χ1n) is 8.10. The van der Waals surface area contributed by atoms with Crippen LogP contribution in [0.3, 0.4) is 0 Å². The summed E-state index contributed by atoms with van der Waals surface area (Å²) in [6.07, 6.45) is 1.08. The highest BCUT2D eigenvalue weighted by atomic mass is 16.5. The highest BCUT2D eigenvalue weighted by Crippen LogP contribution is 2.35. The van der Waals surface area contributed by atoms with Crippen LogP contribution in [0.2, 0.25) is 0 Å². The van der Waals surface area contributed by atoms with Gasteiger partial charge in [-0.05, 0) is 24.3 Å². The molecule has 2 heterocycles. The lowest BCUT2D eigenvalue weighted by atomic mass is 9.84. The second kappa shape index (κ2) is 7.11. The highest BCUT2D eigenvalue weighted by Gasteiger charge is 2.33. The van der Waals surface area contributed by atoms with Gasteiger partial charge < -0.3 is 14.7 Å². The summed E-state index contributed by atoms with van der Waals surface area (Å²) in [7, 11) is 0. The Morgan fingerprint density at radius 2 is 1.73 bits per heavy atom. The Hall–Kier alpha value is -1.59. The van der Waals surface area contributed by atoms with Crippen LogP contribution in [0.15, 0.2) is 30.3 Å². The van der Waals surface area contributed by atoms with E-state index in [0.717, 1.165) is 39.1 Å². The third-order valence-corrected chi connectivity index (χ3v) is 4.84. The number of piperidine rings is 1. The molecule has 0 spiro atoms. The van der Waals surface area contributed by atoms with Gasteiger partial charge in [0.25, 0.3) is 0 Å². The Balaban J connectivity index is 1.75. The monoisotopic (exact) mass is 304 g/mol. The number of hydrogen-bond acceptors (Lipinski definition) is 3. The number of hydrogen-bond donors (Lipinski definition) is 1. The van der Waals surface area contributed by atoms with Gasteiger partial charge in [0, 0.05) is 32.2 Å². The summed E-state index contributed by atoms with van der Waals surface area (Å²) in [5.41, 5.74) is 1.35. The summed E-state index contributed by atoms with van der Waals surface area (Å²) < 4.78 is 5.49. The zero-order valence-electron chi connectivity index (χ0n) is 12.9. The van der Waals surface area contributed by atoms with Crippen molar-refractivity contribution < 1.29 is 14.6 Å². The summed E-state index contributed by atoms with van der Waals surface area (Å²) in [6.45, 7) is 4.79. The number of morpholine rings is 1. The van der Waals surface area contributed by atoms with Crippen LogP contribution in [-0.4, -0.2) is 60.4 Å². The topological polar surface area (TPSA) is 53.0 Å². The summed E-state index contributed by atoms with van der Waals surface area (Å²) in [6, 6.07) is 11.0. The SMILES string of the molecule is O=C(O)N1CCC(C(c2ccccc2)N2CCOCC2)CC1. The highest BCUT2D eigenvalue weighted by molar-refractivity contribution is 5.65. The molecule has 120 valence electrons. The molecule has 1 atom stereocenters. The van der Waals surface area contributed by atoms with E-state index in [1.807, 2.05) is 6.07 Å². The minimum atomic E-state index is -0.791. The van der Waals surface area contributed by atoms with Crippen molar-refractivity contribution in [1.29, 1.82) is 0 Å². The fourth-order valence-corrected chi connectivity index (χ4v) is 3.69. The molecule has 2 aliphatic rings. The smallest absolute Gasteiger partial charge is 0.407 e. The predicted octanol–water partition coefficient (Wildman–Crippen LogP) is 2.45. The molecule has 1 unspecified atom stereocenters. The van der Waals surface area contributed by atoms with E-state index in [2.05, 4.69) is 29.2 Å².